The Morgan fingerprint density at radius 1 is 0.229 bits per heavy atom. The van der Waals surface area contributed by atoms with Gasteiger partial charge in [-0.15, -0.1) is 0 Å². The van der Waals surface area contributed by atoms with Crippen molar-refractivity contribution >= 4 is 77.7 Å². The van der Waals surface area contributed by atoms with Gasteiger partial charge in [0.1, 0.15) is 0 Å². The molecule has 0 unspecified atom stereocenters. The lowest BCUT2D eigenvalue weighted by molar-refractivity contribution is 1.18. The topological polar surface area (TPSA) is 16.3 Å². The van der Waals surface area contributed by atoms with Crippen molar-refractivity contribution in [1.29, 1.82) is 0 Å². The lowest BCUT2D eigenvalue weighted by Gasteiger charge is -2.33. The molecule has 2 heterocycles. The zero-order valence-electron chi connectivity index (χ0n) is 38.3. The van der Waals surface area contributed by atoms with Gasteiger partial charge in [-0.2, -0.15) is 0 Å². The maximum Gasteiger partial charge on any atom is 0.0547 e. The minimum absolute atomic E-state index is 1.06. The summed E-state index contributed by atoms with van der Waals surface area (Å²) < 4.78 is 4.78. The van der Waals surface area contributed by atoms with Gasteiger partial charge in [-0.05, 0) is 120 Å². The molecule has 11 aromatic carbocycles. The molecule has 0 spiro atoms. The first-order chi connectivity index (χ1) is 34.8. The van der Waals surface area contributed by atoms with Crippen LogP contribution in [0.15, 0.2) is 279 Å². The molecule has 0 aliphatic carbocycles. The van der Waals surface area contributed by atoms with E-state index >= 15 is 0 Å². The van der Waals surface area contributed by atoms with Crippen molar-refractivity contribution in [2.24, 2.45) is 0 Å². The number of fused-ring (bicyclic) bond motifs is 6. The fourth-order valence-corrected chi connectivity index (χ4v) is 10.6. The first kappa shape index (κ1) is 40.9. The van der Waals surface area contributed by atoms with E-state index in [1.165, 1.54) is 43.6 Å². The van der Waals surface area contributed by atoms with Crippen LogP contribution < -0.4 is 9.80 Å². The van der Waals surface area contributed by atoms with Crippen LogP contribution in [0.1, 0.15) is 0 Å². The molecule has 0 aliphatic rings. The summed E-state index contributed by atoms with van der Waals surface area (Å²) in [7, 11) is 0. The van der Waals surface area contributed by atoms with Crippen LogP contribution in [0.2, 0.25) is 0 Å². The zero-order valence-corrected chi connectivity index (χ0v) is 38.3. The highest BCUT2D eigenvalue weighted by Gasteiger charge is 2.25. The molecule has 0 atom stereocenters. The first-order valence-corrected chi connectivity index (χ1v) is 23.9. The van der Waals surface area contributed by atoms with Gasteiger partial charge < -0.3 is 18.9 Å². The standard InChI is InChI=1S/C66H46N4/c1-5-21-49(22-6-1)67(50-23-7-2-8-24-50)65-45-60(48-39-43-54(44-40-48)70-63-35-19-15-31-57(63)58-32-16-20-36-64(58)70)66(68(51-25-9-3-10-26-51)52-27-11-4-12-28-52)46-59(65)47-37-41-53(42-38-47)69-61-33-17-13-29-55(61)56-30-14-18-34-62(56)69/h1-46H. The predicted molar refractivity (Wildman–Crippen MR) is 295 cm³/mol. The van der Waals surface area contributed by atoms with Crippen LogP contribution >= 0.6 is 0 Å². The summed E-state index contributed by atoms with van der Waals surface area (Å²) in [4.78, 5) is 4.82. The molecule has 0 amide bonds. The number of hydrogen-bond acceptors (Lipinski definition) is 2. The number of anilines is 6. The van der Waals surface area contributed by atoms with Gasteiger partial charge in [-0.1, -0.05) is 170 Å². The van der Waals surface area contributed by atoms with E-state index in [1.807, 2.05) is 0 Å². The van der Waals surface area contributed by atoms with Crippen molar-refractivity contribution in [3.63, 3.8) is 0 Å². The number of hydrogen-bond donors (Lipinski definition) is 0. The molecule has 2 aromatic heterocycles. The highest BCUT2D eigenvalue weighted by Crippen LogP contribution is 2.50. The number of benzene rings is 11. The second-order valence-corrected chi connectivity index (χ2v) is 17.7. The van der Waals surface area contributed by atoms with E-state index in [0.717, 1.165) is 67.8 Å². The lowest BCUT2D eigenvalue weighted by atomic mass is 9.93. The van der Waals surface area contributed by atoms with Gasteiger partial charge in [0.15, 0.2) is 0 Å². The number of para-hydroxylation sites is 8. The Morgan fingerprint density at radius 2 is 0.471 bits per heavy atom. The van der Waals surface area contributed by atoms with Gasteiger partial charge in [0.25, 0.3) is 0 Å². The molecule has 70 heavy (non-hydrogen) atoms. The van der Waals surface area contributed by atoms with E-state index < -0.39 is 0 Å². The van der Waals surface area contributed by atoms with Gasteiger partial charge in [0, 0.05) is 66.8 Å². The predicted octanol–water partition coefficient (Wildman–Crippen LogP) is 18.2. The van der Waals surface area contributed by atoms with E-state index in [0.29, 0.717) is 0 Å². The molecule has 4 nitrogen and oxygen atoms in total. The normalized spacial score (nSPS) is 11.4. The largest absolute Gasteiger partial charge is 0.310 e. The summed E-state index contributed by atoms with van der Waals surface area (Å²) in [6.07, 6.45) is 0. The van der Waals surface area contributed by atoms with E-state index in [4.69, 9.17) is 0 Å². The van der Waals surface area contributed by atoms with E-state index in [2.05, 4.69) is 298 Å². The Balaban J connectivity index is 1.07. The van der Waals surface area contributed by atoms with E-state index in [1.54, 1.807) is 0 Å². The molecule has 0 N–H and O–H groups in total. The van der Waals surface area contributed by atoms with E-state index in [-0.39, 0.29) is 0 Å². The fourth-order valence-electron chi connectivity index (χ4n) is 10.6. The summed E-state index contributed by atoms with van der Waals surface area (Å²) in [5, 5.41) is 4.99. The highest BCUT2D eigenvalue weighted by molar-refractivity contribution is 6.10. The Morgan fingerprint density at radius 3 is 0.743 bits per heavy atom. The highest BCUT2D eigenvalue weighted by atomic mass is 15.2. The monoisotopic (exact) mass is 894 g/mol. The summed E-state index contributed by atoms with van der Waals surface area (Å²) in [6, 6.07) is 101. The number of aromatic nitrogens is 2. The van der Waals surface area contributed by atoms with Crippen LogP contribution in [0.5, 0.6) is 0 Å². The minimum atomic E-state index is 1.06. The fraction of sp³-hybridized carbons (Fsp3) is 0. The molecule has 0 saturated carbocycles. The Hall–Kier alpha value is -9.38. The molecule has 4 heteroatoms. The van der Waals surface area contributed by atoms with Gasteiger partial charge in [0.2, 0.25) is 0 Å². The quantitative estimate of drug-likeness (QED) is 0.136. The molecule has 330 valence electrons. The first-order valence-electron chi connectivity index (χ1n) is 23.9. The Kier molecular flexibility index (Phi) is 10.1. The maximum absolute atomic E-state index is 2.42. The Bertz CT molecular complexity index is 3520. The third-order valence-corrected chi connectivity index (χ3v) is 13.7. The second-order valence-electron chi connectivity index (χ2n) is 17.7. The van der Waals surface area contributed by atoms with Crippen molar-refractivity contribution in [2.75, 3.05) is 9.80 Å². The second kappa shape index (κ2) is 17.4. The third-order valence-electron chi connectivity index (χ3n) is 13.7. The van der Waals surface area contributed by atoms with Gasteiger partial charge in [-0.3, -0.25) is 0 Å². The molecule has 0 fully saturated rings. The lowest BCUT2D eigenvalue weighted by Crippen LogP contribution is -2.15. The average molecular weight is 895 g/mol. The molecule has 13 aromatic rings. The van der Waals surface area contributed by atoms with E-state index in [9.17, 15) is 0 Å². The van der Waals surface area contributed by atoms with Gasteiger partial charge in [-0.25, -0.2) is 0 Å². The molecule has 0 saturated heterocycles. The average Bonchev–Trinajstić information content (AvgIpc) is 3.96. The minimum Gasteiger partial charge on any atom is -0.310 e. The molecule has 13 rings (SSSR count). The van der Waals surface area contributed by atoms with Crippen LogP contribution in [0, 0.1) is 0 Å². The van der Waals surface area contributed by atoms with Crippen molar-refractivity contribution in [3.8, 4) is 33.6 Å². The summed E-state index contributed by atoms with van der Waals surface area (Å²) in [5.74, 6) is 0. The summed E-state index contributed by atoms with van der Waals surface area (Å²) in [6.45, 7) is 0. The maximum atomic E-state index is 2.42. The van der Waals surface area contributed by atoms with Crippen LogP contribution in [0.25, 0.3) is 77.2 Å². The van der Waals surface area contributed by atoms with Crippen molar-refractivity contribution < 1.29 is 0 Å². The van der Waals surface area contributed by atoms with Crippen molar-refractivity contribution in [2.45, 2.75) is 0 Å². The molecular weight excluding hydrogens is 849 g/mol. The van der Waals surface area contributed by atoms with Crippen LogP contribution in [-0.4, -0.2) is 9.13 Å². The van der Waals surface area contributed by atoms with Crippen LogP contribution in [0.3, 0.4) is 0 Å². The van der Waals surface area contributed by atoms with Gasteiger partial charge in [0.05, 0.1) is 33.4 Å². The number of rotatable bonds is 10. The Labute approximate surface area is 407 Å². The smallest absolute Gasteiger partial charge is 0.0547 e. The number of nitrogens with zero attached hydrogens (tertiary/aromatic N) is 4. The van der Waals surface area contributed by atoms with Crippen molar-refractivity contribution in [3.05, 3.63) is 279 Å². The van der Waals surface area contributed by atoms with Crippen LogP contribution in [0.4, 0.5) is 34.1 Å². The zero-order chi connectivity index (χ0) is 46.4. The summed E-state index contributed by atoms with van der Waals surface area (Å²) in [5.41, 5.74) is 17.8. The molecule has 0 bridgehead atoms. The molecular formula is C66H46N4. The van der Waals surface area contributed by atoms with Gasteiger partial charge >= 0.3 is 0 Å². The van der Waals surface area contributed by atoms with Crippen molar-refractivity contribution in [1.82, 2.24) is 9.13 Å². The SMILES string of the molecule is c1ccc(N(c2ccccc2)c2cc(-c3ccc(-n4c5ccccc5c5ccccc54)cc3)c(N(c3ccccc3)c3ccccc3)cc2-c2ccc(-n3c4ccccc4c4ccccc43)cc2)cc1. The van der Waals surface area contributed by atoms with Crippen LogP contribution in [-0.2, 0) is 0 Å². The molecule has 0 radical (unpaired) electrons. The summed E-state index contributed by atoms with van der Waals surface area (Å²) >= 11 is 0. The third kappa shape index (κ3) is 7.01. The molecule has 0 aliphatic heterocycles.